The minimum absolute atomic E-state index is 0.0810. The van der Waals surface area contributed by atoms with Crippen LogP contribution in [0, 0.1) is 23.7 Å². The van der Waals surface area contributed by atoms with Gasteiger partial charge in [-0.2, -0.15) is 5.26 Å². The highest BCUT2D eigenvalue weighted by Crippen LogP contribution is 2.22. The maximum atomic E-state index is 12.2. The van der Waals surface area contributed by atoms with Crippen LogP contribution in [0.1, 0.15) is 19.4 Å². The maximum absolute atomic E-state index is 12.2. The summed E-state index contributed by atoms with van der Waals surface area (Å²) in [5, 5.41) is 9.05. The first-order valence-corrected chi connectivity index (χ1v) is 6.82. The predicted molar refractivity (Wildman–Crippen MR) is 77.2 cm³/mol. The van der Waals surface area contributed by atoms with Gasteiger partial charge in [-0.25, -0.2) is 0 Å². The van der Waals surface area contributed by atoms with Crippen LogP contribution in [0.4, 0.5) is 5.69 Å². The van der Waals surface area contributed by atoms with Crippen LogP contribution in [-0.4, -0.2) is 42.0 Å². The van der Waals surface area contributed by atoms with Crippen LogP contribution in [0.5, 0.6) is 0 Å². The fourth-order valence-electron chi connectivity index (χ4n) is 2.38. The van der Waals surface area contributed by atoms with E-state index in [2.05, 4.69) is 22.9 Å². The molecule has 5 heteroatoms. The summed E-state index contributed by atoms with van der Waals surface area (Å²) < 4.78 is 0. The number of nitrogens with zero attached hydrogens (tertiary/aromatic N) is 4. The largest absolute Gasteiger partial charge is 0.367 e. The number of hydrogen-bond acceptors (Lipinski definition) is 4. The molecule has 2 rings (SSSR count). The molecule has 0 bridgehead atoms. The van der Waals surface area contributed by atoms with Gasteiger partial charge in [0.25, 0.3) is 0 Å². The van der Waals surface area contributed by atoms with E-state index in [4.69, 9.17) is 5.26 Å². The Kier molecular flexibility index (Phi) is 3.93. The van der Waals surface area contributed by atoms with Crippen molar-refractivity contribution in [2.24, 2.45) is 5.41 Å². The number of carbonyl (C=O) groups is 1. The number of nitriles is 1. The third kappa shape index (κ3) is 2.74. The molecule has 1 aliphatic rings. The normalized spacial score (nSPS) is 15.9. The number of amides is 1. The maximum Gasteiger partial charge on any atom is 0.242 e. The summed E-state index contributed by atoms with van der Waals surface area (Å²) in [6, 6.07) is 4.07. The van der Waals surface area contributed by atoms with E-state index in [0.717, 1.165) is 18.8 Å². The Bertz CT molecular complexity index is 539. The van der Waals surface area contributed by atoms with Gasteiger partial charge in [-0.1, -0.05) is 0 Å². The van der Waals surface area contributed by atoms with E-state index < -0.39 is 5.41 Å². The van der Waals surface area contributed by atoms with Gasteiger partial charge in [-0.3, -0.25) is 9.78 Å². The summed E-state index contributed by atoms with van der Waals surface area (Å²) >= 11 is 0. The molecule has 0 N–H and O–H groups in total. The summed E-state index contributed by atoms with van der Waals surface area (Å²) in [4.78, 5) is 20.4. The van der Waals surface area contributed by atoms with Gasteiger partial charge < -0.3 is 9.80 Å². The fourth-order valence-corrected chi connectivity index (χ4v) is 2.38. The smallest absolute Gasteiger partial charge is 0.242 e. The molecule has 1 amide bonds. The Balaban J connectivity index is 2.02. The van der Waals surface area contributed by atoms with Gasteiger partial charge in [-0.05, 0) is 32.4 Å². The molecule has 2 heterocycles. The van der Waals surface area contributed by atoms with E-state index in [9.17, 15) is 4.79 Å². The molecule has 1 aromatic heterocycles. The molecule has 0 spiro atoms. The van der Waals surface area contributed by atoms with E-state index in [0.29, 0.717) is 13.1 Å². The van der Waals surface area contributed by atoms with Crippen LogP contribution in [0.25, 0.3) is 0 Å². The molecule has 1 saturated heterocycles. The highest BCUT2D eigenvalue weighted by Gasteiger charge is 2.33. The molecule has 1 aliphatic heterocycles. The zero-order valence-electron chi connectivity index (χ0n) is 12.3. The first-order valence-electron chi connectivity index (χ1n) is 6.82. The van der Waals surface area contributed by atoms with Gasteiger partial charge in [0.15, 0.2) is 0 Å². The van der Waals surface area contributed by atoms with Crippen molar-refractivity contribution in [1.82, 2.24) is 9.88 Å². The highest BCUT2D eigenvalue weighted by molar-refractivity contribution is 5.84. The molecule has 20 heavy (non-hydrogen) atoms. The molecule has 0 aromatic carbocycles. The van der Waals surface area contributed by atoms with E-state index in [-0.39, 0.29) is 5.91 Å². The quantitative estimate of drug-likeness (QED) is 0.820. The van der Waals surface area contributed by atoms with E-state index >= 15 is 0 Å². The van der Waals surface area contributed by atoms with Gasteiger partial charge in [0.2, 0.25) is 5.91 Å². The van der Waals surface area contributed by atoms with Gasteiger partial charge in [0.05, 0.1) is 18.0 Å². The second-order valence-corrected chi connectivity index (χ2v) is 5.68. The van der Waals surface area contributed by atoms with Crippen LogP contribution in [0.15, 0.2) is 18.5 Å². The molecule has 0 unspecified atom stereocenters. The minimum Gasteiger partial charge on any atom is -0.367 e. The van der Waals surface area contributed by atoms with Crippen molar-refractivity contribution < 1.29 is 4.79 Å². The van der Waals surface area contributed by atoms with E-state index in [1.54, 1.807) is 24.9 Å². The molecular formula is C15H20N4O. The number of carbonyl (C=O) groups excluding carboxylic acids is 1. The molecule has 0 atom stereocenters. The van der Waals surface area contributed by atoms with Crippen LogP contribution < -0.4 is 4.90 Å². The Morgan fingerprint density at radius 2 is 2.00 bits per heavy atom. The zero-order valence-corrected chi connectivity index (χ0v) is 12.3. The first kappa shape index (κ1) is 14.3. The van der Waals surface area contributed by atoms with Crippen molar-refractivity contribution in [3.05, 3.63) is 24.0 Å². The molecule has 0 saturated carbocycles. The van der Waals surface area contributed by atoms with Crippen molar-refractivity contribution in [1.29, 1.82) is 5.26 Å². The third-order valence-corrected chi connectivity index (χ3v) is 3.73. The fraction of sp³-hybridized carbons (Fsp3) is 0.533. The van der Waals surface area contributed by atoms with Crippen molar-refractivity contribution in [3.63, 3.8) is 0 Å². The van der Waals surface area contributed by atoms with Gasteiger partial charge in [0.1, 0.15) is 5.41 Å². The summed E-state index contributed by atoms with van der Waals surface area (Å²) in [6.07, 6.45) is 3.65. The molecule has 1 fully saturated rings. The molecule has 0 radical (unpaired) electrons. The van der Waals surface area contributed by atoms with E-state index in [1.165, 1.54) is 5.56 Å². The summed E-state index contributed by atoms with van der Waals surface area (Å²) in [5.41, 5.74) is 1.38. The number of piperazine rings is 1. The average Bonchev–Trinajstić information content (AvgIpc) is 2.47. The summed E-state index contributed by atoms with van der Waals surface area (Å²) in [5.74, 6) is -0.0810. The standard InChI is InChI=1S/C15H20N4O/c1-12-4-5-17-10-13(12)18-6-8-19(9-7-18)14(20)15(2,3)11-16/h4-5,10H,6-9H2,1-3H3. The predicted octanol–water partition coefficient (Wildman–Crippen LogP) is 1.59. The molecule has 106 valence electrons. The Labute approximate surface area is 119 Å². The Morgan fingerprint density at radius 3 is 2.55 bits per heavy atom. The van der Waals surface area contributed by atoms with Gasteiger partial charge in [-0.15, -0.1) is 0 Å². The van der Waals surface area contributed by atoms with E-state index in [1.807, 2.05) is 12.3 Å². The van der Waals surface area contributed by atoms with Crippen molar-refractivity contribution >= 4 is 11.6 Å². The number of pyridine rings is 1. The monoisotopic (exact) mass is 272 g/mol. The van der Waals surface area contributed by atoms with Crippen molar-refractivity contribution in [3.8, 4) is 6.07 Å². The molecule has 1 aromatic rings. The lowest BCUT2D eigenvalue weighted by Gasteiger charge is -2.38. The average molecular weight is 272 g/mol. The van der Waals surface area contributed by atoms with Crippen LogP contribution in [0.2, 0.25) is 0 Å². The van der Waals surface area contributed by atoms with Crippen molar-refractivity contribution in [2.75, 3.05) is 31.1 Å². The lowest BCUT2D eigenvalue weighted by Crippen LogP contribution is -2.52. The second-order valence-electron chi connectivity index (χ2n) is 5.68. The minimum atomic E-state index is -0.938. The summed E-state index contributed by atoms with van der Waals surface area (Å²) in [6.45, 7) is 8.27. The van der Waals surface area contributed by atoms with Gasteiger partial charge in [0, 0.05) is 32.4 Å². The number of aromatic nitrogens is 1. The lowest BCUT2D eigenvalue weighted by molar-refractivity contribution is -0.137. The molecule has 0 aliphatic carbocycles. The number of rotatable bonds is 2. The Morgan fingerprint density at radius 1 is 1.35 bits per heavy atom. The lowest BCUT2D eigenvalue weighted by atomic mass is 9.93. The molecule has 5 nitrogen and oxygen atoms in total. The highest BCUT2D eigenvalue weighted by atomic mass is 16.2. The number of anilines is 1. The topological polar surface area (TPSA) is 60.2 Å². The van der Waals surface area contributed by atoms with Crippen molar-refractivity contribution in [2.45, 2.75) is 20.8 Å². The number of hydrogen-bond donors (Lipinski definition) is 0. The van der Waals surface area contributed by atoms with Crippen LogP contribution in [0.3, 0.4) is 0 Å². The SMILES string of the molecule is Cc1ccncc1N1CCN(C(=O)C(C)(C)C#N)CC1. The first-order chi connectivity index (χ1) is 9.45. The third-order valence-electron chi connectivity index (χ3n) is 3.73. The summed E-state index contributed by atoms with van der Waals surface area (Å²) in [7, 11) is 0. The van der Waals surface area contributed by atoms with Crippen LogP contribution >= 0.6 is 0 Å². The zero-order chi connectivity index (χ0) is 14.8. The number of aryl methyl sites for hydroxylation is 1. The van der Waals surface area contributed by atoms with Crippen LogP contribution in [-0.2, 0) is 4.79 Å². The Hall–Kier alpha value is -2.09. The van der Waals surface area contributed by atoms with Gasteiger partial charge >= 0.3 is 0 Å². The second kappa shape index (κ2) is 5.49. The molecular weight excluding hydrogens is 252 g/mol.